The van der Waals surface area contributed by atoms with Crippen LogP contribution in [0.3, 0.4) is 0 Å². The molecule has 42 heavy (non-hydrogen) atoms. The lowest BCUT2D eigenvalue weighted by atomic mass is 10.0. The van der Waals surface area contributed by atoms with Gasteiger partial charge in [-0.3, -0.25) is 14.4 Å². The molecule has 1 amide bonds. The highest BCUT2D eigenvalue weighted by Gasteiger charge is 2.22. The van der Waals surface area contributed by atoms with Crippen LogP contribution in [0.4, 0.5) is 23.0 Å². The predicted octanol–water partition coefficient (Wildman–Crippen LogP) is 4.86. The van der Waals surface area contributed by atoms with Crippen LogP contribution < -0.4 is 24.8 Å². The van der Waals surface area contributed by atoms with Crippen LogP contribution in [0, 0.1) is 5.92 Å². The molecule has 220 valence electrons. The number of likely N-dealkylation sites (tertiary alicyclic amines) is 1. The second-order valence-corrected chi connectivity index (χ2v) is 12.0. The number of aromatic nitrogens is 2. The summed E-state index contributed by atoms with van der Waals surface area (Å²) in [5.41, 5.74) is 2.03. The first-order chi connectivity index (χ1) is 20.2. The first kappa shape index (κ1) is 29.1. The molecule has 11 nitrogen and oxygen atoms in total. The summed E-state index contributed by atoms with van der Waals surface area (Å²) >= 11 is 0. The lowest BCUT2D eigenvalue weighted by molar-refractivity contribution is -0.117. The SMILES string of the molecule is COc1cc(Nc2nc3ccccc3nc2NS(=O)(=O)c2cccc(NC(=O)CN3CCCC(C)C3)c2)cc(OC)c1. The number of anilines is 4. The predicted molar refractivity (Wildman–Crippen MR) is 163 cm³/mol. The lowest BCUT2D eigenvalue weighted by Crippen LogP contribution is -2.39. The number of nitrogens with one attached hydrogen (secondary N) is 3. The molecule has 0 saturated carbocycles. The van der Waals surface area contributed by atoms with Crippen LogP contribution in [-0.4, -0.2) is 63.0 Å². The Hall–Kier alpha value is -4.42. The second-order valence-electron chi connectivity index (χ2n) is 10.3. The summed E-state index contributed by atoms with van der Waals surface area (Å²) in [6, 6.07) is 18.5. The summed E-state index contributed by atoms with van der Waals surface area (Å²) in [5, 5.41) is 5.98. The molecular formula is C30H34N6O5S. The lowest BCUT2D eigenvalue weighted by Gasteiger charge is -2.30. The number of benzene rings is 3. The minimum atomic E-state index is -4.12. The van der Waals surface area contributed by atoms with Gasteiger partial charge in [0.2, 0.25) is 5.91 Å². The summed E-state index contributed by atoms with van der Waals surface area (Å²) in [5.74, 6) is 1.64. The molecule has 12 heteroatoms. The number of hydrogen-bond donors (Lipinski definition) is 3. The standard InChI is InChI=1S/C30H34N6O5S/c1-20-8-7-13-36(18-20)19-28(37)31-21-9-6-10-25(16-21)42(38,39)35-30-29(33-26-11-4-5-12-27(26)34-30)32-22-14-23(40-2)17-24(15-22)41-3/h4-6,9-12,14-17,20H,7-8,13,18-19H2,1-3H3,(H,31,37)(H,32,33)(H,34,35). The van der Waals surface area contributed by atoms with Gasteiger partial charge in [0.1, 0.15) is 11.5 Å². The van der Waals surface area contributed by atoms with Crippen LogP contribution in [0.1, 0.15) is 19.8 Å². The molecule has 1 aliphatic rings. The molecule has 3 aromatic carbocycles. The Kier molecular flexibility index (Phi) is 8.74. The molecule has 1 saturated heterocycles. The highest BCUT2D eigenvalue weighted by Crippen LogP contribution is 2.31. The normalized spacial score (nSPS) is 15.6. The van der Waals surface area contributed by atoms with Crippen molar-refractivity contribution in [1.29, 1.82) is 0 Å². The third-order valence-corrected chi connectivity index (χ3v) is 8.29. The summed E-state index contributed by atoms with van der Waals surface area (Å²) in [6.07, 6.45) is 2.23. The molecule has 1 atom stereocenters. The van der Waals surface area contributed by atoms with Crippen molar-refractivity contribution in [2.24, 2.45) is 5.92 Å². The number of piperidine rings is 1. The van der Waals surface area contributed by atoms with Crippen molar-refractivity contribution in [3.05, 3.63) is 66.7 Å². The fourth-order valence-corrected chi connectivity index (χ4v) is 5.99. The molecule has 4 aromatic rings. The largest absolute Gasteiger partial charge is 0.497 e. The smallest absolute Gasteiger partial charge is 0.263 e. The van der Waals surface area contributed by atoms with Crippen LogP contribution >= 0.6 is 0 Å². The Bertz CT molecular complexity index is 1670. The van der Waals surface area contributed by atoms with E-state index in [1.807, 2.05) is 6.07 Å². The zero-order valence-electron chi connectivity index (χ0n) is 23.8. The van der Waals surface area contributed by atoms with Crippen molar-refractivity contribution in [2.45, 2.75) is 24.7 Å². The second kappa shape index (κ2) is 12.6. The molecular weight excluding hydrogens is 556 g/mol. The summed E-state index contributed by atoms with van der Waals surface area (Å²) in [7, 11) is -1.04. The van der Waals surface area contributed by atoms with Crippen molar-refractivity contribution in [3.8, 4) is 11.5 Å². The van der Waals surface area contributed by atoms with Gasteiger partial charge in [-0.15, -0.1) is 0 Å². The van der Waals surface area contributed by atoms with E-state index in [2.05, 4.69) is 37.1 Å². The number of amides is 1. The minimum absolute atomic E-state index is 0.00384. The molecule has 1 unspecified atom stereocenters. The number of methoxy groups -OCH3 is 2. The maximum atomic E-state index is 13.6. The molecule has 1 fully saturated rings. The summed E-state index contributed by atoms with van der Waals surface area (Å²) in [4.78, 5) is 24.0. The van der Waals surface area contributed by atoms with Crippen LogP contribution in [0.2, 0.25) is 0 Å². The van der Waals surface area contributed by atoms with Crippen molar-refractivity contribution in [2.75, 3.05) is 49.2 Å². The number of fused-ring (bicyclic) bond motifs is 1. The first-order valence-corrected chi connectivity index (χ1v) is 15.1. The van der Waals surface area contributed by atoms with Gasteiger partial charge in [-0.25, -0.2) is 18.4 Å². The van der Waals surface area contributed by atoms with E-state index in [-0.39, 0.29) is 29.0 Å². The van der Waals surface area contributed by atoms with E-state index in [4.69, 9.17) is 9.47 Å². The third-order valence-electron chi connectivity index (χ3n) is 6.95. The van der Waals surface area contributed by atoms with Gasteiger partial charge in [-0.1, -0.05) is 25.1 Å². The molecule has 0 spiro atoms. The van der Waals surface area contributed by atoms with Gasteiger partial charge < -0.3 is 20.1 Å². The molecule has 0 aliphatic carbocycles. The van der Waals surface area contributed by atoms with E-state index in [1.54, 1.807) is 62.8 Å². The molecule has 0 bridgehead atoms. The Labute approximate surface area is 245 Å². The minimum Gasteiger partial charge on any atom is -0.497 e. The van der Waals surface area contributed by atoms with E-state index in [0.29, 0.717) is 39.8 Å². The van der Waals surface area contributed by atoms with Crippen molar-refractivity contribution in [3.63, 3.8) is 0 Å². The topological polar surface area (TPSA) is 135 Å². The van der Waals surface area contributed by atoms with Crippen molar-refractivity contribution < 1.29 is 22.7 Å². The van der Waals surface area contributed by atoms with Gasteiger partial charge in [0.15, 0.2) is 11.6 Å². The highest BCUT2D eigenvalue weighted by molar-refractivity contribution is 7.92. The van der Waals surface area contributed by atoms with Crippen LogP contribution in [-0.2, 0) is 14.8 Å². The fourth-order valence-electron chi connectivity index (χ4n) is 4.94. The maximum Gasteiger partial charge on any atom is 0.263 e. The fraction of sp³-hybridized carbons (Fsp3) is 0.300. The average molecular weight is 591 g/mol. The molecule has 5 rings (SSSR count). The number of rotatable bonds is 10. The Morgan fingerprint density at radius 3 is 2.29 bits per heavy atom. The number of carbonyl (C=O) groups is 1. The zero-order chi connectivity index (χ0) is 29.7. The van der Waals surface area contributed by atoms with Crippen molar-refractivity contribution >= 4 is 50.0 Å². The van der Waals surface area contributed by atoms with Crippen molar-refractivity contribution in [1.82, 2.24) is 14.9 Å². The van der Waals surface area contributed by atoms with E-state index in [9.17, 15) is 13.2 Å². The number of para-hydroxylation sites is 2. The highest BCUT2D eigenvalue weighted by atomic mass is 32.2. The summed E-state index contributed by atoms with van der Waals surface area (Å²) in [6.45, 7) is 4.19. The van der Waals surface area contributed by atoms with Crippen LogP contribution in [0.5, 0.6) is 11.5 Å². The third kappa shape index (κ3) is 7.07. The van der Waals surface area contributed by atoms with E-state index in [0.717, 1.165) is 25.9 Å². The van der Waals surface area contributed by atoms with Crippen LogP contribution in [0.15, 0.2) is 71.6 Å². The van der Waals surface area contributed by atoms with Crippen LogP contribution in [0.25, 0.3) is 11.0 Å². The molecule has 1 aromatic heterocycles. The molecule has 1 aliphatic heterocycles. The van der Waals surface area contributed by atoms with Gasteiger partial charge in [0, 0.05) is 36.1 Å². The van der Waals surface area contributed by atoms with Gasteiger partial charge >= 0.3 is 0 Å². The monoisotopic (exact) mass is 590 g/mol. The van der Waals surface area contributed by atoms with E-state index in [1.165, 1.54) is 12.1 Å². The van der Waals surface area contributed by atoms with Gasteiger partial charge in [0.05, 0.1) is 36.7 Å². The first-order valence-electron chi connectivity index (χ1n) is 13.6. The Morgan fingerprint density at radius 1 is 0.929 bits per heavy atom. The molecule has 0 radical (unpaired) electrons. The zero-order valence-corrected chi connectivity index (χ0v) is 24.6. The number of hydrogen-bond acceptors (Lipinski definition) is 9. The average Bonchev–Trinajstić information content (AvgIpc) is 2.97. The number of ether oxygens (including phenoxy) is 2. The molecule has 3 N–H and O–H groups in total. The van der Waals surface area contributed by atoms with Gasteiger partial charge in [0.25, 0.3) is 10.0 Å². The number of nitrogens with zero attached hydrogens (tertiary/aromatic N) is 3. The summed E-state index contributed by atoms with van der Waals surface area (Å²) < 4.78 is 40.4. The number of carbonyl (C=O) groups excluding carboxylic acids is 1. The quantitative estimate of drug-likeness (QED) is 0.237. The Morgan fingerprint density at radius 2 is 1.62 bits per heavy atom. The number of sulfonamides is 1. The maximum absolute atomic E-state index is 13.6. The van der Waals surface area contributed by atoms with E-state index >= 15 is 0 Å². The Balaban J connectivity index is 1.40. The molecule has 2 heterocycles. The van der Waals surface area contributed by atoms with Gasteiger partial charge in [-0.05, 0) is 55.6 Å². The van der Waals surface area contributed by atoms with E-state index < -0.39 is 10.0 Å². The van der Waals surface area contributed by atoms with Gasteiger partial charge in [-0.2, -0.15) is 0 Å².